The first-order valence-electron chi connectivity index (χ1n) is 10.3. The zero-order chi connectivity index (χ0) is 20.3. The van der Waals surface area contributed by atoms with Crippen LogP contribution in [0.25, 0.3) is 0 Å². The summed E-state index contributed by atoms with van der Waals surface area (Å²) in [7, 11) is 1.54. The van der Waals surface area contributed by atoms with E-state index in [4.69, 9.17) is 4.74 Å². The second-order valence-corrected chi connectivity index (χ2v) is 8.06. The Morgan fingerprint density at radius 1 is 1.03 bits per heavy atom. The van der Waals surface area contributed by atoms with Gasteiger partial charge in [-0.25, -0.2) is 0 Å². The number of likely N-dealkylation sites (tertiary alicyclic amines) is 2. The number of carbonyl (C=O) groups excluding carboxylic acids is 2. The normalized spacial score (nSPS) is 24.3. The molecule has 0 bridgehead atoms. The van der Waals surface area contributed by atoms with E-state index in [1.54, 1.807) is 0 Å². The summed E-state index contributed by atoms with van der Waals surface area (Å²) in [5.74, 6) is 0.0911. The van der Waals surface area contributed by atoms with Gasteiger partial charge in [-0.1, -0.05) is 60.7 Å². The van der Waals surface area contributed by atoms with Gasteiger partial charge in [-0.3, -0.25) is 9.59 Å². The number of rotatable bonds is 5. The third-order valence-electron chi connectivity index (χ3n) is 6.51. The van der Waals surface area contributed by atoms with Gasteiger partial charge >= 0.3 is 0 Å². The van der Waals surface area contributed by atoms with Gasteiger partial charge in [-0.05, 0) is 24.0 Å². The summed E-state index contributed by atoms with van der Waals surface area (Å²) in [6, 6.07) is 20.4. The van der Waals surface area contributed by atoms with E-state index < -0.39 is 0 Å². The molecule has 4 rings (SSSR count). The molecule has 2 unspecified atom stereocenters. The highest BCUT2D eigenvalue weighted by atomic mass is 16.5. The minimum Gasteiger partial charge on any atom is -0.375 e. The van der Waals surface area contributed by atoms with Crippen molar-refractivity contribution in [1.29, 1.82) is 0 Å². The lowest BCUT2D eigenvalue weighted by atomic mass is 9.71. The highest BCUT2D eigenvalue weighted by Crippen LogP contribution is 2.46. The van der Waals surface area contributed by atoms with Crippen molar-refractivity contribution >= 4 is 11.8 Å². The van der Waals surface area contributed by atoms with E-state index in [0.29, 0.717) is 26.1 Å². The fourth-order valence-corrected chi connectivity index (χ4v) is 5.02. The fraction of sp³-hybridized carbons (Fsp3) is 0.417. The number of ether oxygens (including phenoxy) is 1. The number of methoxy groups -OCH3 is 1. The minimum atomic E-state index is -0.189. The highest BCUT2D eigenvalue weighted by molar-refractivity contribution is 5.82. The van der Waals surface area contributed by atoms with E-state index in [9.17, 15) is 9.59 Å². The van der Waals surface area contributed by atoms with Gasteiger partial charge in [0.15, 0.2) is 0 Å². The Labute approximate surface area is 172 Å². The van der Waals surface area contributed by atoms with Crippen LogP contribution in [0, 0.1) is 0 Å². The molecule has 2 amide bonds. The van der Waals surface area contributed by atoms with E-state index in [2.05, 4.69) is 36.4 Å². The Bertz CT molecular complexity index is 855. The van der Waals surface area contributed by atoms with Gasteiger partial charge in [0, 0.05) is 38.6 Å². The van der Waals surface area contributed by atoms with Crippen molar-refractivity contribution in [1.82, 2.24) is 9.80 Å². The van der Waals surface area contributed by atoms with Gasteiger partial charge in [-0.15, -0.1) is 0 Å². The van der Waals surface area contributed by atoms with Crippen LogP contribution in [0.4, 0.5) is 0 Å². The zero-order valence-electron chi connectivity index (χ0n) is 16.9. The molecule has 0 aliphatic carbocycles. The summed E-state index contributed by atoms with van der Waals surface area (Å²) in [6.07, 6.45) is 2.10. The van der Waals surface area contributed by atoms with Crippen LogP contribution in [0.2, 0.25) is 0 Å². The van der Waals surface area contributed by atoms with Crippen LogP contribution in [0.15, 0.2) is 60.7 Å². The van der Waals surface area contributed by atoms with E-state index >= 15 is 0 Å². The van der Waals surface area contributed by atoms with Crippen LogP contribution in [-0.4, -0.2) is 54.5 Å². The molecule has 2 heterocycles. The number of carbonyl (C=O) groups is 2. The van der Waals surface area contributed by atoms with E-state index in [0.717, 1.165) is 18.4 Å². The monoisotopic (exact) mass is 392 g/mol. The zero-order valence-corrected chi connectivity index (χ0v) is 16.9. The Kier molecular flexibility index (Phi) is 5.67. The Morgan fingerprint density at radius 2 is 1.69 bits per heavy atom. The predicted octanol–water partition coefficient (Wildman–Crippen LogP) is 2.99. The van der Waals surface area contributed by atoms with Gasteiger partial charge in [0.05, 0.1) is 6.04 Å². The lowest BCUT2D eigenvalue weighted by molar-refractivity contribution is -0.138. The van der Waals surface area contributed by atoms with Gasteiger partial charge < -0.3 is 14.5 Å². The molecule has 2 aliphatic rings. The van der Waals surface area contributed by atoms with E-state index in [-0.39, 0.29) is 29.9 Å². The molecular formula is C24H28N2O3. The molecule has 0 aromatic heterocycles. The fourth-order valence-electron chi connectivity index (χ4n) is 5.02. The van der Waals surface area contributed by atoms with Crippen molar-refractivity contribution in [3.63, 3.8) is 0 Å². The van der Waals surface area contributed by atoms with Gasteiger partial charge in [0.1, 0.15) is 6.61 Å². The summed E-state index contributed by atoms with van der Waals surface area (Å²) in [5, 5.41) is 0. The number of benzene rings is 2. The van der Waals surface area contributed by atoms with Gasteiger partial charge in [0.2, 0.25) is 11.8 Å². The number of hydrogen-bond acceptors (Lipinski definition) is 3. The molecule has 0 saturated carbocycles. The largest absolute Gasteiger partial charge is 0.375 e. The van der Waals surface area contributed by atoms with Crippen LogP contribution in [0.5, 0.6) is 0 Å². The molecule has 2 aliphatic heterocycles. The molecule has 2 aromatic carbocycles. The molecule has 2 saturated heterocycles. The van der Waals surface area contributed by atoms with E-state index in [1.165, 1.54) is 12.7 Å². The lowest BCUT2D eigenvalue weighted by Crippen LogP contribution is -2.46. The molecule has 2 aromatic rings. The van der Waals surface area contributed by atoms with Crippen LogP contribution < -0.4 is 0 Å². The number of hydrogen-bond donors (Lipinski definition) is 0. The first-order chi connectivity index (χ1) is 14.1. The molecule has 29 heavy (non-hydrogen) atoms. The van der Waals surface area contributed by atoms with Crippen molar-refractivity contribution in [2.75, 3.05) is 26.8 Å². The van der Waals surface area contributed by atoms with Crippen LogP contribution in [-0.2, 0) is 26.3 Å². The van der Waals surface area contributed by atoms with Crippen molar-refractivity contribution in [3.05, 3.63) is 71.8 Å². The van der Waals surface area contributed by atoms with Crippen molar-refractivity contribution in [2.24, 2.45) is 0 Å². The quantitative estimate of drug-likeness (QED) is 0.786. The third kappa shape index (κ3) is 3.79. The van der Waals surface area contributed by atoms with Gasteiger partial charge in [0.25, 0.3) is 0 Å². The molecule has 5 heteroatoms. The molecular weight excluding hydrogens is 364 g/mol. The summed E-state index contributed by atoms with van der Waals surface area (Å²) in [6.45, 7) is 2.05. The molecule has 0 spiro atoms. The van der Waals surface area contributed by atoms with Crippen molar-refractivity contribution in [3.8, 4) is 0 Å². The number of amides is 2. The van der Waals surface area contributed by atoms with Crippen LogP contribution in [0.3, 0.4) is 0 Å². The van der Waals surface area contributed by atoms with Crippen molar-refractivity contribution < 1.29 is 14.3 Å². The molecule has 5 nitrogen and oxygen atoms in total. The topological polar surface area (TPSA) is 49.9 Å². The summed E-state index contributed by atoms with van der Waals surface area (Å²) < 4.78 is 5.11. The Hall–Kier alpha value is -2.66. The highest BCUT2D eigenvalue weighted by Gasteiger charge is 2.52. The third-order valence-corrected chi connectivity index (χ3v) is 6.51. The van der Waals surface area contributed by atoms with Crippen molar-refractivity contribution in [2.45, 2.75) is 37.3 Å². The maximum atomic E-state index is 13.2. The molecule has 2 atom stereocenters. The standard InChI is InChI=1S/C24H28N2O3/c1-29-18-23(28)26-15-13-24(20-10-6-3-7-11-20)12-14-25(22(27)16-21(24)26)17-19-8-4-2-5-9-19/h2-11,21H,12-18H2,1H3. The Morgan fingerprint density at radius 3 is 2.38 bits per heavy atom. The summed E-state index contributed by atoms with van der Waals surface area (Å²) >= 11 is 0. The maximum absolute atomic E-state index is 13.2. The molecule has 2 fully saturated rings. The first kappa shape index (κ1) is 19.6. The lowest BCUT2D eigenvalue weighted by Gasteiger charge is -2.36. The summed E-state index contributed by atoms with van der Waals surface area (Å²) in [4.78, 5) is 29.8. The molecule has 0 N–H and O–H groups in total. The van der Waals surface area contributed by atoms with Crippen LogP contribution >= 0.6 is 0 Å². The Balaban J connectivity index is 1.65. The average Bonchev–Trinajstić information content (AvgIpc) is 3.05. The smallest absolute Gasteiger partial charge is 0.248 e. The first-order valence-corrected chi connectivity index (χ1v) is 10.3. The predicted molar refractivity (Wildman–Crippen MR) is 111 cm³/mol. The molecule has 0 radical (unpaired) electrons. The number of nitrogens with zero attached hydrogens (tertiary/aromatic N) is 2. The van der Waals surface area contributed by atoms with Gasteiger partial charge in [-0.2, -0.15) is 0 Å². The second kappa shape index (κ2) is 8.37. The molecule has 152 valence electrons. The van der Waals surface area contributed by atoms with E-state index in [1.807, 2.05) is 34.1 Å². The average molecular weight is 392 g/mol. The summed E-state index contributed by atoms with van der Waals surface area (Å²) in [5.41, 5.74) is 2.17. The minimum absolute atomic E-state index is 0.0281. The number of fused-ring (bicyclic) bond motifs is 1. The maximum Gasteiger partial charge on any atom is 0.248 e. The second-order valence-electron chi connectivity index (χ2n) is 8.06. The van der Waals surface area contributed by atoms with Crippen LogP contribution in [0.1, 0.15) is 30.4 Å². The SMILES string of the molecule is COCC(=O)N1CCC2(c3ccccc3)CCN(Cc3ccccc3)C(=O)CC12.